The van der Waals surface area contributed by atoms with E-state index in [1.807, 2.05) is 27.7 Å². The van der Waals surface area contributed by atoms with Crippen molar-refractivity contribution in [3.8, 4) is 0 Å². The van der Waals surface area contributed by atoms with E-state index >= 15 is 0 Å². The van der Waals surface area contributed by atoms with Gasteiger partial charge in [0.15, 0.2) is 0 Å². The van der Waals surface area contributed by atoms with Crippen molar-refractivity contribution < 1.29 is 0 Å². The van der Waals surface area contributed by atoms with Gasteiger partial charge in [-0.2, -0.15) is 0 Å². The monoisotopic (exact) mass is 202 g/mol. The minimum atomic E-state index is 0.729. The van der Waals surface area contributed by atoms with Crippen LogP contribution in [0.4, 0.5) is 0 Å². The van der Waals surface area contributed by atoms with Crippen LogP contribution in [0, 0.1) is 0 Å². The van der Waals surface area contributed by atoms with Gasteiger partial charge >= 0.3 is 0 Å². The maximum Gasteiger partial charge on any atom is 0.0191 e. The standard InChI is InChI=1S/C8H18N2.2C2H6/c1-8-7-9(2)5-4-6-10(8)3;2*1-2/h8H,4-7H2,1-3H3;2*1-2H3/t8-;;/m1../s1. The quantitative estimate of drug-likeness (QED) is 0.596. The zero-order valence-corrected chi connectivity index (χ0v) is 11.3. The summed E-state index contributed by atoms with van der Waals surface area (Å²) in [6, 6.07) is 0.729. The fourth-order valence-electron chi connectivity index (χ4n) is 1.49. The Morgan fingerprint density at radius 2 is 1.43 bits per heavy atom. The summed E-state index contributed by atoms with van der Waals surface area (Å²) in [5, 5.41) is 0. The van der Waals surface area contributed by atoms with Crippen molar-refractivity contribution in [1.82, 2.24) is 9.80 Å². The normalized spacial score (nSPS) is 23.8. The summed E-state index contributed by atoms with van der Waals surface area (Å²) in [4.78, 5) is 4.84. The highest BCUT2D eigenvalue weighted by Crippen LogP contribution is 2.04. The van der Waals surface area contributed by atoms with E-state index in [9.17, 15) is 0 Å². The largest absolute Gasteiger partial charge is 0.305 e. The lowest BCUT2D eigenvalue weighted by Gasteiger charge is -2.22. The van der Waals surface area contributed by atoms with Gasteiger partial charge in [-0.3, -0.25) is 0 Å². The van der Waals surface area contributed by atoms with Gasteiger partial charge in [0.2, 0.25) is 0 Å². The summed E-state index contributed by atoms with van der Waals surface area (Å²) in [6.45, 7) is 14.0. The van der Waals surface area contributed by atoms with E-state index in [0.717, 1.165) is 6.04 Å². The fourth-order valence-corrected chi connectivity index (χ4v) is 1.49. The second-order valence-electron chi connectivity index (χ2n) is 3.45. The number of rotatable bonds is 0. The minimum absolute atomic E-state index is 0.729. The Morgan fingerprint density at radius 3 is 1.93 bits per heavy atom. The van der Waals surface area contributed by atoms with E-state index in [-0.39, 0.29) is 0 Å². The van der Waals surface area contributed by atoms with E-state index in [4.69, 9.17) is 0 Å². The van der Waals surface area contributed by atoms with Crippen LogP contribution in [0.1, 0.15) is 41.0 Å². The third-order valence-corrected chi connectivity index (χ3v) is 2.38. The molecule has 0 aromatic carbocycles. The van der Waals surface area contributed by atoms with Gasteiger partial charge in [-0.1, -0.05) is 27.7 Å². The Kier molecular flexibility index (Phi) is 12.8. The van der Waals surface area contributed by atoms with Crippen LogP contribution < -0.4 is 0 Å². The number of hydrogen-bond donors (Lipinski definition) is 0. The third-order valence-electron chi connectivity index (χ3n) is 2.38. The van der Waals surface area contributed by atoms with Gasteiger partial charge in [0.05, 0.1) is 0 Å². The molecule has 0 aromatic rings. The lowest BCUT2D eigenvalue weighted by molar-refractivity contribution is 0.242. The summed E-state index contributed by atoms with van der Waals surface area (Å²) in [5.41, 5.74) is 0. The van der Waals surface area contributed by atoms with Gasteiger partial charge < -0.3 is 9.80 Å². The van der Waals surface area contributed by atoms with E-state index in [2.05, 4.69) is 30.8 Å². The van der Waals surface area contributed by atoms with E-state index < -0.39 is 0 Å². The van der Waals surface area contributed by atoms with Crippen molar-refractivity contribution >= 4 is 0 Å². The molecule has 1 fully saturated rings. The lowest BCUT2D eigenvalue weighted by Crippen LogP contribution is -2.34. The molecule has 1 aliphatic rings. The molecule has 88 valence electrons. The number of likely N-dealkylation sites (N-methyl/N-ethyl adjacent to an activating group) is 2. The smallest absolute Gasteiger partial charge is 0.0191 e. The summed E-state index contributed by atoms with van der Waals surface area (Å²) in [7, 11) is 4.42. The molecule has 0 N–H and O–H groups in total. The van der Waals surface area contributed by atoms with E-state index in [1.54, 1.807) is 0 Å². The van der Waals surface area contributed by atoms with Crippen molar-refractivity contribution in [2.75, 3.05) is 33.7 Å². The highest BCUT2D eigenvalue weighted by Gasteiger charge is 2.14. The molecular weight excluding hydrogens is 172 g/mol. The molecule has 1 saturated heterocycles. The summed E-state index contributed by atoms with van der Waals surface area (Å²) < 4.78 is 0. The van der Waals surface area contributed by atoms with Gasteiger partial charge in [0, 0.05) is 12.6 Å². The molecular formula is C12H30N2. The van der Waals surface area contributed by atoms with Crippen LogP contribution >= 0.6 is 0 Å². The second kappa shape index (κ2) is 11.0. The lowest BCUT2D eigenvalue weighted by atomic mass is 10.3. The van der Waals surface area contributed by atoms with Gasteiger partial charge in [-0.15, -0.1) is 0 Å². The zero-order valence-electron chi connectivity index (χ0n) is 11.3. The van der Waals surface area contributed by atoms with Crippen LogP contribution in [0.5, 0.6) is 0 Å². The highest BCUT2D eigenvalue weighted by atomic mass is 15.2. The first kappa shape index (κ1) is 16.4. The van der Waals surface area contributed by atoms with Crippen LogP contribution in [0.3, 0.4) is 0 Å². The van der Waals surface area contributed by atoms with Crippen molar-refractivity contribution in [3.63, 3.8) is 0 Å². The molecule has 0 bridgehead atoms. The molecule has 2 heteroatoms. The molecule has 0 amide bonds. The van der Waals surface area contributed by atoms with Crippen LogP contribution in [-0.4, -0.2) is 49.6 Å². The van der Waals surface area contributed by atoms with Gasteiger partial charge in [0.25, 0.3) is 0 Å². The summed E-state index contributed by atoms with van der Waals surface area (Å²) in [6.07, 6.45) is 1.32. The number of nitrogens with zero attached hydrogens (tertiary/aromatic N) is 2. The molecule has 0 aromatic heterocycles. The molecule has 1 aliphatic heterocycles. The first-order valence-electron chi connectivity index (χ1n) is 6.09. The van der Waals surface area contributed by atoms with Crippen molar-refractivity contribution in [3.05, 3.63) is 0 Å². The highest BCUT2D eigenvalue weighted by molar-refractivity contribution is 4.71. The molecule has 0 saturated carbocycles. The van der Waals surface area contributed by atoms with E-state index in [0.29, 0.717) is 0 Å². The van der Waals surface area contributed by atoms with Crippen molar-refractivity contribution in [2.24, 2.45) is 0 Å². The van der Waals surface area contributed by atoms with Crippen LogP contribution in [-0.2, 0) is 0 Å². The van der Waals surface area contributed by atoms with Gasteiger partial charge in [0.1, 0.15) is 0 Å². The number of hydrogen-bond acceptors (Lipinski definition) is 2. The van der Waals surface area contributed by atoms with Crippen molar-refractivity contribution in [2.45, 2.75) is 47.1 Å². The predicted octanol–water partition coefficient (Wildman–Crippen LogP) is 2.69. The minimum Gasteiger partial charge on any atom is -0.305 e. The Hall–Kier alpha value is -0.0800. The molecule has 14 heavy (non-hydrogen) atoms. The molecule has 1 heterocycles. The predicted molar refractivity (Wildman–Crippen MR) is 66.9 cm³/mol. The van der Waals surface area contributed by atoms with Gasteiger partial charge in [-0.25, -0.2) is 0 Å². The van der Waals surface area contributed by atoms with Crippen LogP contribution in [0.25, 0.3) is 0 Å². The Morgan fingerprint density at radius 1 is 0.929 bits per heavy atom. The molecule has 0 aliphatic carbocycles. The summed E-state index contributed by atoms with van der Waals surface area (Å²) in [5.74, 6) is 0. The Balaban J connectivity index is 0. The fraction of sp³-hybridized carbons (Fsp3) is 1.00. The summed E-state index contributed by atoms with van der Waals surface area (Å²) >= 11 is 0. The topological polar surface area (TPSA) is 6.48 Å². The Labute approximate surface area is 91.3 Å². The average molecular weight is 202 g/mol. The second-order valence-corrected chi connectivity index (χ2v) is 3.45. The molecule has 0 spiro atoms. The van der Waals surface area contributed by atoms with E-state index in [1.165, 1.54) is 26.1 Å². The van der Waals surface area contributed by atoms with Crippen LogP contribution in [0.2, 0.25) is 0 Å². The molecule has 1 rings (SSSR count). The molecule has 0 unspecified atom stereocenters. The Bertz CT molecular complexity index is 104. The SMILES string of the molecule is CC.CC.C[C@@H]1CN(C)CCCN1C. The van der Waals surface area contributed by atoms with Crippen LogP contribution in [0.15, 0.2) is 0 Å². The first-order valence-corrected chi connectivity index (χ1v) is 6.09. The van der Waals surface area contributed by atoms with Crippen molar-refractivity contribution in [1.29, 1.82) is 0 Å². The maximum absolute atomic E-state index is 2.43. The maximum atomic E-state index is 2.43. The average Bonchev–Trinajstić information content (AvgIpc) is 2.36. The third kappa shape index (κ3) is 7.34. The van der Waals surface area contributed by atoms with Gasteiger partial charge in [-0.05, 0) is 40.5 Å². The first-order chi connectivity index (χ1) is 6.70. The molecule has 1 atom stereocenters. The zero-order chi connectivity index (χ0) is 11.6. The molecule has 0 radical (unpaired) electrons. The molecule has 2 nitrogen and oxygen atoms in total.